The maximum absolute atomic E-state index is 9.61. The van der Waals surface area contributed by atoms with Gasteiger partial charge in [-0.05, 0) is 55.9 Å². The van der Waals surface area contributed by atoms with Gasteiger partial charge in [-0.2, -0.15) is 0 Å². The lowest BCUT2D eigenvalue weighted by Gasteiger charge is -2.20. The van der Waals surface area contributed by atoms with Gasteiger partial charge in [0.05, 0.1) is 12.1 Å². The number of aryl methyl sites for hydroxylation is 3. The van der Waals surface area contributed by atoms with Gasteiger partial charge < -0.3 is 9.67 Å². The molecule has 0 saturated heterocycles. The summed E-state index contributed by atoms with van der Waals surface area (Å²) >= 11 is 0. The summed E-state index contributed by atoms with van der Waals surface area (Å²) in [5.41, 5.74) is 5.76. The highest BCUT2D eigenvalue weighted by molar-refractivity contribution is 5.86. The first-order valence-corrected chi connectivity index (χ1v) is 6.98. The summed E-state index contributed by atoms with van der Waals surface area (Å²) in [5.74, 6) is 0. The van der Waals surface area contributed by atoms with E-state index >= 15 is 0 Å². The number of hydrogen-bond acceptors (Lipinski definition) is 1. The largest absolute Gasteiger partial charge is 0.395 e. The number of aliphatic hydroxyl groups excluding tert-OH is 1. The summed E-state index contributed by atoms with van der Waals surface area (Å²) in [4.78, 5) is 0. The highest BCUT2D eigenvalue weighted by atomic mass is 16.3. The summed E-state index contributed by atoms with van der Waals surface area (Å²) in [6, 6.07) is 6.98. The average molecular weight is 241 g/mol. The third-order valence-corrected chi connectivity index (χ3v) is 4.87. The van der Waals surface area contributed by atoms with Gasteiger partial charge in [-0.1, -0.05) is 6.07 Å². The van der Waals surface area contributed by atoms with E-state index < -0.39 is 0 Å². The summed E-state index contributed by atoms with van der Waals surface area (Å²) in [6.07, 6.45) is 4.73. The molecular weight excluding hydrogens is 222 g/mol. The Labute approximate surface area is 107 Å². The van der Waals surface area contributed by atoms with Crippen molar-refractivity contribution in [2.24, 2.45) is 0 Å². The Hall–Kier alpha value is -1.28. The fourth-order valence-corrected chi connectivity index (χ4v) is 3.54. The molecule has 0 radical (unpaired) electrons. The van der Waals surface area contributed by atoms with Crippen molar-refractivity contribution >= 4 is 10.9 Å². The van der Waals surface area contributed by atoms with Crippen molar-refractivity contribution in [1.82, 2.24) is 4.57 Å². The number of nitrogens with zero attached hydrogens (tertiary/aromatic N) is 1. The standard InChI is InChI=1S/C16H19NO/c1-11-7-13-9-14(16(10-18)4-5-16)8-12-3-2-6-17(11)15(12)13/h7-9,18H,2-6,10H2,1H3. The van der Waals surface area contributed by atoms with E-state index in [0.717, 1.165) is 19.4 Å². The zero-order chi connectivity index (χ0) is 12.3. The van der Waals surface area contributed by atoms with E-state index in [4.69, 9.17) is 0 Å². The van der Waals surface area contributed by atoms with Crippen molar-refractivity contribution in [3.8, 4) is 0 Å². The Bertz CT molecular complexity index is 634. The zero-order valence-corrected chi connectivity index (χ0v) is 10.9. The molecule has 1 N–H and O–H groups in total. The minimum atomic E-state index is 0.0954. The quantitative estimate of drug-likeness (QED) is 0.859. The minimum Gasteiger partial charge on any atom is -0.395 e. The fourth-order valence-electron chi connectivity index (χ4n) is 3.54. The molecule has 2 nitrogen and oxygen atoms in total. The van der Waals surface area contributed by atoms with Crippen molar-refractivity contribution in [3.63, 3.8) is 0 Å². The van der Waals surface area contributed by atoms with Gasteiger partial charge in [0.1, 0.15) is 0 Å². The molecule has 0 spiro atoms. The molecule has 0 bridgehead atoms. The third kappa shape index (κ3) is 1.27. The molecule has 0 atom stereocenters. The van der Waals surface area contributed by atoms with Crippen molar-refractivity contribution in [2.75, 3.05) is 6.61 Å². The van der Waals surface area contributed by atoms with Crippen LogP contribution in [-0.2, 0) is 18.4 Å². The van der Waals surface area contributed by atoms with Gasteiger partial charge >= 0.3 is 0 Å². The molecular formula is C16H19NO. The summed E-state index contributed by atoms with van der Waals surface area (Å²) in [6.45, 7) is 3.66. The number of hydrogen-bond donors (Lipinski definition) is 1. The molecule has 94 valence electrons. The van der Waals surface area contributed by atoms with Crippen LogP contribution in [-0.4, -0.2) is 16.3 Å². The Morgan fingerprint density at radius 3 is 2.83 bits per heavy atom. The summed E-state index contributed by atoms with van der Waals surface area (Å²) in [7, 11) is 0. The van der Waals surface area contributed by atoms with E-state index in [1.54, 1.807) is 0 Å². The SMILES string of the molecule is Cc1cc2cc(C3(CO)CC3)cc3c2n1CCC3. The van der Waals surface area contributed by atoms with E-state index in [1.807, 2.05) is 0 Å². The second kappa shape index (κ2) is 3.39. The third-order valence-electron chi connectivity index (χ3n) is 4.87. The van der Waals surface area contributed by atoms with Gasteiger partial charge in [0.25, 0.3) is 0 Å². The minimum absolute atomic E-state index is 0.0954. The average Bonchev–Trinajstić information content (AvgIpc) is 3.12. The van der Waals surface area contributed by atoms with Gasteiger partial charge in [0, 0.05) is 23.0 Å². The maximum Gasteiger partial charge on any atom is 0.0527 e. The first-order chi connectivity index (χ1) is 8.73. The van der Waals surface area contributed by atoms with E-state index in [-0.39, 0.29) is 5.41 Å². The first kappa shape index (κ1) is 10.6. The summed E-state index contributed by atoms with van der Waals surface area (Å²) < 4.78 is 2.45. The molecule has 4 rings (SSSR count). The van der Waals surface area contributed by atoms with Crippen LogP contribution in [0.15, 0.2) is 18.2 Å². The van der Waals surface area contributed by atoms with Crippen molar-refractivity contribution in [3.05, 3.63) is 35.0 Å². The second-order valence-electron chi connectivity index (χ2n) is 6.05. The normalized spacial score (nSPS) is 20.3. The Morgan fingerprint density at radius 2 is 2.11 bits per heavy atom. The maximum atomic E-state index is 9.61. The fraction of sp³-hybridized carbons (Fsp3) is 0.500. The molecule has 0 unspecified atom stereocenters. The first-order valence-electron chi connectivity index (χ1n) is 6.98. The molecule has 2 heterocycles. The monoisotopic (exact) mass is 241 g/mol. The number of rotatable bonds is 2. The molecule has 1 saturated carbocycles. The van der Waals surface area contributed by atoms with Gasteiger partial charge in [-0.25, -0.2) is 0 Å². The van der Waals surface area contributed by atoms with Crippen molar-refractivity contribution in [2.45, 2.75) is 44.6 Å². The topological polar surface area (TPSA) is 25.2 Å². The molecule has 1 aromatic heterocycles. The van der Waals surface area contributed by atoms with Crippen molar-refractivity contribution < 1.29 is 5.11 Å². The van der Waals surface area contributed by atoms with E-state index in [0.29, 0.717) is 6.61 Å². The highest BCUT2D eigenvalue weighted by Crippen LogP contribution is 2.49. The molecule has 2 aliphatic rings. The lowest BCUT2D eigenvalue weighted by Crippen LogP contribution is -2.14. The molecule has 1 aliphatic heterocycles. The van der Waals surface area contributed by atoms with Crippen LogP contribution in [0.25, 0.3) is 10.9 Å². The lowest BCUT2D eigenvalue weighted by molar-refractivity contribution is 0.255. The molecule has 1 aliphatic carbocycles. The van der Waals surface area contributed by atoms with Crippen LogP contribution in [0.1, 0.15) is 36.1 Å². The van der Waals surface area contributed by atoms with Crippen LogP contribution in [0.3, 0.4) is 0 Å². The molecule has 1 fully saturated rings. The Kier molecular flexibility index (Phi) is 2.00. The van der Waals surface area contributed by atoms with Gasteiger partial charge in [0.2, 0.25) is 0 Å². The summed E-state index contributed by atoms with van der Waals surface area (Å²) in [5, 5.41) is 11.0. The van der Waals surface area contributed by atoms with Gasteiger partial charge in [-0.3, -0.25) is 0 Å². The Balaban J connectivity index is 1.99. The predicted octanol–water partition coefficient (Wildman–Crippen LogP) is 2.92. The lowest BCUT2D eigenvalue weighted by atomic mass is 9.91. The number of aromatic nitrogens is 1. The van der Waals surface area contributed by atoms with E-state index in [1.165, 1.54) is 40.6 Å². The predicted molar refractivity (Wildman–Crippen MR) is 73.0 cm³/mol. The molecule has 2 aromatic rings. The second-order valence-corrected chi connectivity index (χ2v) is 6.05. The van der Waals surface area contributed by atoms with E-state index in [9.17, 15) is 5.11 Å². The molecule has 18 heavy (non-hydrogen) atoms. The van der Waals surface area contributed by atoms with Crippen LogP contribution < -0.4 is 0 Å². The molecule has 0 amide bonds. The highest BCUT2D eigenvalue weighted by Gasteiger charge is 2.44. The molecule has 2 heteroatoms. The van der Waals surface area contributed by atoms with Crippen LogP contribution in [0.4, 0.5) is 0 Å². The van der Waals surface area contributed by atoms with Crippen LogP contribution in [0.2, 0.25) is 0 Å². The van der Waals surface area contributed by atoms with Crippen LogP contribution in [0.5, 0.6) is 0 Å². The van der Waals surface area contributed by atoms with Crippen LogP contribution >= 0.6 is 0 Å². The van der Waals surface area contributed by atoms with Crippen molar-refractivity contribution in [1.29, 1.82) is 0 Å². The van der Waals surface area contributed by atoms with E-state index in [2.05, 4.69) is 29.7 Å². The van der Waals surface area contributed by atoms with Gasteiger partial charge in [-0.15, -0.1) is 0 Å². The zero-order valence-electron chi connectivity index (χ0n) is 10.9. The Morgan fingerprint density at radius 1 is 1.28 bits per heavy atom. The van der Waals surface area contributed by atoms with Gasteiger partial charge in [0.15, 0.2) is 0 Å². The number of benzene rings is 1. The smallest absolute Gasteiger partial charge is 0.0527 e. The molecule has 1 aromatic carbocycles. The number of aliphatic hydroxyl groups is 1. The van der Waals surface area contributed by atoms with Crippen LogP contribution in [0, 0.1) is 6.92 Å².